The molecule has 0 aliphatic carbocycles. The van der Waals surface area contributed by atoms with Crippen LogP contribution in [0.15, 0.2) is 18.7 Å². The van der Waals surface area contributed by atoms with Crippen LogP contribution >= 0.6 is 34.0 Å². The number of rotatable bonds is 2. The first-order valence-electron chi connectivity index (χ1n) is 3.41. The number of aromatic nitrogens is 2. The van der Waals surface area contributed by atoms with Gasteiger partial charge < -0.3 is 17.0 Å². The highest BCUT2D eigenvalue weighted by molar-refractivity contribution is 8.93. The summed E-state index contributed by atoms with van der Waals surface area (Å²) >= 11 is 0. The largest absolute Gasteiger partial charge is 1.00 e. The molecule has 1 heterocycles. The normalized spacial score (nSPS) is 7.50. The highest BCUT2D eigenvalue weighted by Crippen LogP contribution is 1.81. The molecule has 5 heteroatoms. The summed E-state index contributed by atoms with van der Waals surface area (Å²) in [5.74, 6) is 0. The third kappa shape index (κ3) is 5.32. The second-order valence-electron chi connectivity index (χ2n) is 2.07. The topological polar surface area (TPSA) is 8.81 Å². The van der Waals surface area contributed by atoms with E-state index in [4.69, 9.17) is 0 Å². The van der Waals surface area contributed by atoms with E-state index >= 15 is 0 Å². The monoisotopic (exact) mass is 364 g/mol. The van der Waals surface area contributed by atoms with E-state index in [1.54, 1.807) is 0 Å². The lowest BCUT2D eigenvalue weighted by atomic mass is 10.7. The summed E-state index contributed by atoms with van der Waals surface area (Å²) in [7, 11) is 0. The van der Waals surface area contributed by atoms with Crippen LogP contribution in [0.3, 0.4) is 0 Å². The van der Waals surface area contributed by atoms with Crippen LogP contribution in [0.25, 0.3) is 0 Å². The maximum absolute atomic E-state index is 2.16. The minimum atomic E-state index is 0. The van der Waals surface area contributed by atoms with Crippen molar-refractivity contribution in [1.29, 1.82) is 0 Å². The summed E-state index contributed by atoms with van der Waals surface area (Å²) in [6, 6.07) is 0. The maximum atomic E-state index is 2.16. The molecule has 0 bridgehead atoms. The summed E-state index contributed by atoms with van der Waals surface area (Å²) in [4.78, 5) is 0. The van der Waals surface area contributed by atoms with E-state index in [9.17, 15) is 0 Å². The average molecular weight is 367 g/mol. The van der Waals surface area contributed by atoms with Crippen LogP contribution in [0.1, 0.15) is 13.8 Å². The molecule has 12 heavy (non-hydrogen) atoms. The van der Waals surface area contributed by atoms with Crippen molar-refractivity contribution in [2.24, 2.45) is 0 Å². The van der Waals surface area contributed by atoms with Gasteiger partial charge in [0, 0.05) is 0 Å². The average Bonchev–Trinajstić information content (AvgIpc) is 2.34. The SMILES string of the molecule is Br.Br.CCn1cc[n+](CC)c1.[Br-]. The Hall–Kier alpha value is 0.650. The van der Waals surface area contributed by atoms with Gasteiger partial charge >= 0.3 is 0 Å². The van der Waals surface area contributed by atoms with Crippen LogP contribution in [-0.2, 0) is 13.1 Å². The number of nitrogens with zero attached hydrogens (tertiary/aromatic N) is 2. The highest BCUT2D eigenvalue weighted by Gasteiger charge is 1.95. The van der Waals surface area contributed by atoms with Gasteiger partial charge in [-0.15, -0.1) is 34.0 Å². The molecule has 0 aliphatic rings. The van der Waals surface area contributed by atoms with Gasteiger partial charge in [-0.1, -0.05) is 0 Å². The number of hydrogen-bond acceptors (Lipinski definition) is 0. The Bertz CT molecular complexity index is 170. The smallest absolute Gasteiger partial charge is 0.243 e. The third-order valence-electron chi connectivity index (χ3n) is 1.48. The van der Waals surface area contributed by atoms with Gasteiger partial charge in [0.15, 0.2) is 0 Å². The fraction of sp³-hybridized carbons (Fsp3) is 0.571. The van der Waals surface area contributed by atoms with E-state index in [-0.39, 0.29) is 50.9 Å². The Morgan fingerprint density at radius 1 is 1.25 bits per heavy atom. The summed E-state index contributed by atoms with van der Waals surface area (Å²) < 4.78 is 4.31. The quantitative estimate of drug-likeness (QED) is 0.592. The second-order valence-corrected chi connectivity index (χ2v) is 2.07. The van der Waals surface area contributed by atoms with Crippen molar-refractivity contribution in [3.05, 3.63) is 18.7 Å². The summed E-state index contributed by atoms with van der Waals surface area (Å²) in [5, 5.41) is 0. The minimum absolute atomic E-state index is 0. The second kappa shape index (κ2) is 9.74. The van der Waals surface area contributed by atoms with Gasteiger partial charge in [0.2, 0.25) is 6.33 Å². The molecule has 0 radical (unpaired) electrons. The number of hydrogen-bond donors (Lipinski definition) is 0. The fourth-order valence-electron chi connectivity index (χ4n) is 0.813. The predicted octanol–water partition coefficient (Wildman–Crippen LogP) is -1.02. The Balaban J connectivity index is -0.000000270. The van der Waals surface area contributed by atoms with Crippen molar-refractivity contribution < 1.29 is 21.5 Å². The van der Waals surface area contributed by atoms with Crippen LogP contribution < -0.4 is 21.5 Å². The molecule has 1 rings (SSSR count). The van der Waals surface area contributed by atoms with Gasteiger partial charge in [-0.3, -0.25) is 0 Å². The summed E-state index contributed by atoms with van der Waals surface area (Å²) in [5.41, 5.74) is 0. The van der Waals surface area contributed by atoms with Gasteiger partial charge in [-0.2, -0.15) is 0 Å². The Morgan fingerprint density at radius 3 is 2.08 bits per heavy atom. The molecule has 74 valence electrons. The highest BCUT2D eigenvalue weighted by atomic mass is 79.9. The van der Waals surface area contributed by atoms with Gasteiger partial charge in [0.25, 0.3) is 0 Å². The van der Waals surface area contributed by atoms with Crippen LogP contribution in [-0.4, -0.2) is 4.57 Å². The third-order valence-corrected chi connectivity index (χ3v) is 1.48. The first-order chi connectivity index (χ1) is 4.36. The van der Waals surface area contributed by atoms with E-state index in [0.717, 1.165) is 13.1 Å². The first kappa shape index (κ1) is 18.4. The maximum Gasteiger partial charge on any atom is 0.243 e. The van der Waals surface area contributed by atoms with Crippen molar-refractivity contribution in [3.63, 3.8) is 0 Å². The lowest BCUT2D eigenvalue weighted by molar-refractivity contribution is -0.693. The van der Waals surface area contributed by atoms with Gasteiger partial charge in [0.1, 0.15) is 12.4 Å². The van der Waals surface area contributed by atoms with E-state index in [1.165, 1.54) is 0 Å². The molecule has 0 saturated carbocycles. The van der Waals surface area contributed by atoms with Crippen molar-refractivity contribution in [1.82, 2.24) is 4.57 Å². The Morgan fingerprint density at radius 2 is 1.83 bits per heavy atom. The molecule has 0 saturated heterocycles. The predicted molar refractivity (Wildman–Crippen MR) is 56.6 cm³/mol. The first-order valence-corrected chi connectivity index (χ1v) is 3.41. The molecule has 2 nitrogen and oxygen atoms in total. The molecule has 0 unspecified atom stereocenters. The van der Waals surface area contributed by atoms with Crippen LogP contribution in [0.2, 0.25) is 0 Å². The van der Waals surface area contributed by atoms with E-state index < -0.39 is 0 Å². The molecule has 0 fully saturated rings. The molecule has 0 N–H and O–H groups in total. The molecule has 0 aliphatic heterocycles. The van der Waals surface area contributed by atoms with Gasteiger partial charge in [0.05, 0.1) is 13.1 Å². The Kier molecular flexibility index (Phi) is 15.0. The molecular weight excluding hydrogens is 352 g/mol. The zero-order chi connectivity index (χ0) is 6.69. The van der Waals surface area contributed by atoms with Crippen molar-refractivity contribution in [2.45, 2.75) is 26.9 Å². The van der Waals surface area contributed by atoms with Crippen LogP contribution in [0.5, 0.6) is 0 Å². The molecular formula is C7H15Br3N2. The van der Waals surface area contributed by atoms with Crippen LogP contribution in [0.4, 0.5) is 0 Å². The van der Waals surface area contributed by atoms with E-state index in [1.807, 2.05) is 0 Å². The van der Waals surface area contributed by atoms with Crippen molar-refractivity contribution in [3.8, 4) is 0 Å². The Labute approximate surface area is 105 Å². The molecule has 1 aromatic heterocycles. The van der Waals surface area contributed by atoms with Gasteiger partial charge in [-0.05, 0) is 13.8 Å². The number of imidazole rings is 1. The number of halogens is 3. The number of aryl methyl sites for hydroxylation is 2. The van der Waals surface area contributed by atoms with E-state index in [2.05, 4.69) is 41.7 Å². The van der Waals surface area contributed by atoms with Crippen molar-refractivity contribution in [2.75, 3.05) is 0 Å². The summed E-state index contributed by atoms with van der Waals surface area (Å²) in [6.45, 7) is 6.40. The zero-order valence-electron chi connectivity index (χ0n) is 7.24. The molecule has 0 amide bonds. The van der Waals surface area contributed by atoms with Gasteiger partial charge in [-0.25, -0.2) is 9.13 Å². The van der Waals surface area contributed by atoms with E-state index in [0.29, 0.717) is 0 Å². The molecule has 0 atom stereocenters. The van der Waals surface area contributed by atoms with Crippen molar-refractivity contribution >= 4 is 34.0 Å². The lowest BCUT2D eigenvalue weighted by Crippen LogP contribution is -3.00. The molecule has 0 spiro atoms. The lowest BCUT2D eigenvalue weighted by Gasteiger charge is -1.84. The standard InChI is InChI=1S/C7H13N2.3BrH/c1-3-8-5-6-9(4-2)7-8;;;/h5-7H,3-4H2,1-2H3;3*1H/q+1;;;/p-1. The molecule has 1 aromatic rings. The fourth-order valence-corrected chi connectivity index (χ4v) is 0.813. The summed E-state index contributed by atoms with van der Waals surface area (Å²) in [6.07, 6.45) is 6.28. The minimum Gasteiger partial charge on any atom is -1.00 e. The molecule has 0 aromatic carbocycles. The van der Waals surface area contributed by atoms with Crippen LogP contribution in [0, 0.1) is 0 Å². The zero-order valence-corrected chi connectivity index (χ0v) is 12.2.